The van der Waals surface area contributed by atoms with Crippen LogP contribution in [0.15, 0.2) is 23.1 Å². The fraction of sp³-hybridized carbons (Fsp3) is 0.667. The highest BCUT2D eigenvalue weighted by molar-refractivity contribution is 7.89. The van der Waals surface area contributed by atoms with Gasteiger partial charge in [-0.1, -0.05) is 6.92 Å². The predicted octanol–water partition coefficient (Wildman–Crippen LogP) is 2.16. The van der Waals surface area contributed by atoms with Gasteiger partial charge < -0.3 is 9.80 Å². The minimum atomic E-state index is -3.76. The van der Waals surface area contributed by atoms with Crippen molar-refractivity contribution in [2.24, 2.45) is 5.92 Å². The quantitative estimate of drug-likeness (QED) is 0.560. The molecule has 0 N–H and O–H groups in total. The number of rotatable bonds is 5. The normalized spacial score (nSPS) is 24.9. The molecular formula is C18H28N4O4S. The van der Waals surface area contributed by atoms with Gasteiger partial charge in [-0.2, -0.15) is 4.31 Å². The van der Waals surface area contributed by atoms with E-state index in [2.05, 4.69) is 18.9 Å². The summed E-state index contributed by atoms with van der Waals surface area (Å²) in [5, 5.41) is 11.3. The van der Waals surface area contributed by atoms with Gasteiger partial charge in [0, 0.05) is 44.9 Å². The Bertz CT molecular complexity index is 808. The molecule has 1 aromatic carbocycles. The number of non-ortho nitro benzene ring substituents is 1. The van der Waals surface area contributed by atoms with Crippen LogP contribution >= 0.6 is 0 Å². The van der Waals surface area contributed by atoms with Crippen molar-refractivity contribution in [1.82, 2.24) is 9.21 Å². The summed E-state index contributed by atoms with van der Waals surface area (Å²) in [5.74, 6) is 0.367. The van der Waals surface area contributed by atoms with Crippen LogP contribution < -0.4 is 4.90 Å². The average Bonchev–Trinajstić information content (AvgIpc) is 3.16. The van der Waals surface area contributed by atoms with E-state index >= 15 is 0 Å². The summed E-state index contributed by atoms with van der Waals surface area (Å²) in [4.78, 5) is 15.0. The van der Waals surface area contributed by atoms with Crippen LogP contribution in [-0.4, -0.2) is 68.9 Å². The van der Waals surface area contributed by atoms with E-state index in [9.17, 15) is 18.5 Å². The van der Waals surface area contributed by atoms with Gasteiger partial charge >= 0.3 is 0 Å². The number of sulfonamides is 1. The van der Waals surface area contributed by atoms with E-state index < -0.39 is 14.9 Å². The van der Waals surface area contributed by atoms with Crippen molar-refractivity contribution in [2.75, 3.05) is 45.2 Å². The van der Waals surface area contributed by atoms with E-state index in [1.807, 2.05) is 11.9 Å². The Morgan fingerprint density at radius 1 is 1.22 bits per heavy atom. The molecule has 2 unspecified atom stereocenters. The van der Waals surface area contributed by atoms with Crippen molar-refractivity contribution < 1.29 is 13.3 Å². The van der Waals surface area contributed by atoms with Crippen molar-refractivity contribution in [3.8, 4) is 0 Å². The standard InChI is InChI=1S/C18H28N4O4S/c1-14-13-19(2)11-8-16(14)20(3)17-7-6-15(22(23)24)12-18(17)27(25,26)21-9-4-5-10-21/h6-7,12,14,16H,4-5,8-11,13H2,1-3H3. The van der Waals surface area contributed by atoms with Gasteiger partial charge in [-0.05, 0) is 44.8 Å². The number of piperidine rings is 1. The summed E-state index contributed by atoms with van der Waals surface area (Å²) < 4.78 is 27.9. The highest BCUT2D eigenvalue weighted by Gasteiger charge is 2.35. The topological polar surface area (TPSA) is 87.0 Å². The zero-order valence-electron chi connectivity index (χ0n) is 16.2. The molecule has 0 radical (unpaired) electrons. The molecular weight excluding hydrogens is 368 g/mol. The van der Waals surface area contributed by atoms with E-state index in [4.69, 9.17) is 0 Å². The summed E-state index contributed by atoms with van der Waals surface area (Å²) >= 11 is 0. The first-order valence-corrected chi connectivity index (χ1v) is 10.9. The summed E-state index contributed by atoms with van der Waals surface area (Å²) in [6.45, 7) is 4.99. The highest BCUT2D eigenvalue weighted by Crippen LogP contribution is 2.35. The zero-order valence-corrected chi connectivity index (χ0v) is 17.0. The fourth-order valence-electron chi connectivity index (χ4n) is 4.28. The minimum absolute atomic E-state index is 0.0484. The Balaban J connectivity index is 2.03. The van der Waals surface area contributed by atoms with Crippen molar-refractivity contribution >= 4 is 21.4 Å². The largest absolute Gasteiger partial charge is 0.370 e. The Morgan fingerprint density at radius 3 is 2.48 bits per heavy atom. The third-order valence-electron chi connectivity index (χ3n) is 5.78. The van der Waals surface area contributed by atoms with Crippen LogP contribution in [0.2, 0.25) is 0 Å². The van der Waals surface area contributed by atoms with Gasteiger partial charge in [0.25, 0.3) is 5.69 Å². The van der Waals surface area contributed by atoms with Crippen LogP contribution in [0.4, 0.5) is 11.4 Å². The van der Waals surface area contributed by atoms with Gasteiger partial charge in [-0.3, -0.25) is 10.1 Å². The van der Waals surface area contributed by atoms with Crippen molar-refractivity contribution in [1.29, 1.82) is 0 Å². The lowest BCUT2D eigenvalue weighted by atomic mass is 9.92. The summed E-state index contributed by atoms with van der Waals surface area (Å²) in [5.41, 5.74) is 0.357. The SMILES string of the molecule is CC1CN(C)CCC1N(C)c1ccc([N+](=O)[O-])cc1S(=O)(=O)N1CCCC1. The van der Waals surface area contributed by atoms with E-state index in [0.717, 1.165) is 32.4 Å². The van der Waals surface area contributed by atoms with Crippen LogP contribution in [0.5, 0.6) is 0 Å². The highest BCUT2D eigenvalue weighted by atomic mass is 32.2. The molecule has 0 aromatic heterocycles. The monoisotopic (exact) mass is 396 g/mol. The van der Waals surface area contributed by atoms with Gasteiger partial charge in [0.2, 0.25) is 10.0 Å². The van der Waals surface area contributed by atoms with Crippen LogP contribution in [0.1, 0.15) is 26.2 Å². The Kier molecular flexibility index (Phi) is 5.73. The van der Waals surface area contributed by atoms with Crippen molar-refractivity contribution in [3.05, 3.63) is 28.3 Å². The zero-order chi connectivity index (χ0) is 19.8. The number of benzene rings is 1. The first-order chi connectivity index (χ1) is 12.7. The molecule has 2 fully saturated rings. The van der Waals surface area contributed by atoms with E-state index in [-0.39, 0.29) is 16.6 Å². The lowest BCUT2D eigenvalue weighted by Gasteiger charge is -2.41. The van der Waals surface area contributed by atoms with Crippen molar-refractivity contribution in [3.63, 3.8) is 0 Å². The summed E-state index contributed by atoms with van der Waals surface area (Å²) in [6, 6.07) is 4.40. The second-order valence-corrected chi connectivity index (χ2v) is 9.63. The number of hydrogen-bond acceptors (Lipinski definition) is 6. The third-order valence-corrected chi connectivity index (χ3v) is 7.71. The average molecular weight is 397 g/mol. The maximum absolute atomic E-state index is 13.2. The number of likely N-dealkylation sites (tertiary alicyclic amines) is 1. The summed E-state index contributed by atoms with van der Waals surface area (Å²) in [7, 11) is 0.224. The molecule has 2 heterocycles. The van der Waals surface area contributed by atoms with Crippen LogP contribution in [-0.2, 0) is 10.0 Å². The molecule has 2 aliphatic heterocycles. The lowest BCUT2D eigenvalue weighted by molar-refractivity contribution is -0.385. The lowest BCUT2D eigenvalue weighted by Crippen LogP contribution is -2.48. The van der Waals surface area contributed by atoms with Gasteiger partial charge in [0.1, 0.15) is 4.90 Å². The Labute approximate surface area is 160 Å². The fourth-order valence-corrected chi connectivity index (χ4v) is 6.04. The van der Waals surface area contributed by atoms with Crippen molar-refractivity contribution in [2.45, 2.75) is 37.1 Å². The number of nitro benzene ring substituents is 1. The molecule has 150 valence electrons. The van der Waals surface area contributed by atoms with Gasteiger partial charge in [-0.25, -0.2) is 8.42 Å². The molecule has 1 aromatic rings. The molecule has 9 heteroatoms. The Morgan fingerprint density at radius 2 is 1.89 bits per heavy atom. The maximum Gasteiger partial charge on any atom is 0.270 e. The summed E-state index contributed by atoms with van der Waals surface area (Å²) in [6.07, 6.45) is 2.57. The first-order valence-electron chi connectivity index (χ1n) is 9.42. The molecule has 2 aliphatic rings. The van der Waals surface area contributed by atoms with Crippen LogP contribution in [0, 0.1) is 16.0 Å². The van der Waals surface area contributed by atoms with Gasteiger partial charge in [-0.15, -0.1) is 0 Å². The van der Waals surface area contributed by atoms with E-state index in [1.165, 1.54) is 16.4 Å². The van der Waals surface area contributed by atoms with Gasteiger partial charge in [0.15, 0.2) is 0 Å². The van der Waals surface area contributed by atoms with E-state index in [1.54, 1.807) is 6.07 Å². The molecule has 0 saturated carbocycles. The smallest absolute Gasteiger partial charge is 0.270 e. The van der Waals surface area contributed by atoms with Gasteiger partial charge in [0.05, 0.1) is 10.6 Å². The number of anilines is 1. The Hall–Kier alpha value is -1.71. The predicted molar refractivity (Wildman–Crippen MR) is 105 cm³/mol. The second-order valence-electron chi connectivity index (χ2n) is 7.73. The second kappa shape index (κ2) is 7.73. The number of nitro groups is 1. The molecule has 3 rings (SSSR count). The molecule has 8 nitrogen and oxygen atoms in total. The maximum atomic E-state index is 13.2. The third kappa shape index (κ3) is 3.95. The molecule has 0 aliphatic carbocycles. The molecule has 27 heavy (non-hydrogen) atoms. The van der Waals surface area contributed by atoms with Crippen LogP contribution in [0.25, 0.3) is 0 Å². The number of nitrogens with zero attached hydrogens (tertiary/aromatic N) is 4. The van der Waals surface area contributed by atoms with E-state index in [0.29, 0.717) is 24.7 Å². The molecule has 0 amide bonds. The van der Waals surface area contributed by atoms with Crippen LogP contribution in [0.3, 0.4) is 0 Å². The molecule has 0 bridgehead atoms. The molecule has 0 spiro atoms. The molecule has 2 saturated heterocycles. The molecule has 2 atom stereocenters. The number of hydrogen-bond donors (Lipinski definition) is 0. The first kappa shape index (κ1) is 20.0. The minimum Gasteiger partial charge on any atom is -0.370 e.